The van der Waals surface area contributed by atoms with Crippen LogP contribution >= 0.6 is 0 Å². The second-order valence-electron chi connectivity index (χ2n) is 9.63. The molecule has 0 amide bonds. The Labute approximate surface area is 179 Å². The Hall–Kier alpha value is -1.40. The van der Waals surface area contributed by atoms with E-state index in [9.17, 15) is 15.0 Å². The molecule has 2 saturated carbocycles. The van der Waals surface area contributed by atoms with Crippen molar-refractivity contribution in [3.8, 4) is 0 Å². The smallest absolute Gasteiger partial charge is 0.306 e. The lowest BCUT2D eigenvalue weighted by Gasteiger charge is -2.19. The zero-order valence-corrected chi connectivity index (χ0v) is 18.1. The van der Waals surface area contributed by atoms with E-state index in [4.69, 9.17) is 9.84 Å². The molecule has 0 radical (unpaired) electrons. The molecule has 3 fully saturated rings. The Morgan fingerprint density at radius 2 is 2.10 bits per heavy atom. The summed E-state index contributed by atoms with van der Waals surface area (Å²) in [5.41, 5.74) is 0. The van der Waals surface area contributed by atoms with E-state index in [0.717, 1.165) is 25.7 Å². The quantitative estimate of drug-likeness (QED) is 0.482. The number of carbonyl (C=O) groups is 1. The minimum atomic E-state index is -1.30. The van der Waals surface area contributed by atoms with Crippen molar-refractivity contribution in [3.05, 3.63) is 24.0 Å². The number of carboxylic acid groups (broad SMARTS) is 1. The number of ether oxygens (including phenoxy) is 1. The van der Waals surface area contributed by atoms with E-state index >= 15 is 4.39 Å². The molecule has 3 rings (SSSR count). The molecule has 0 aromatic rings. The summed E-state index contributed by atoms with van der Waals surface area (Å²) in [6.07, 6.45) is 8.62. The highest BCUT2D eigenvalue weighted by molar-refractivity contribution is 5.70. The lowest BCUT2D eigenvalue weighted by atomic mass is 9.88. The molecule has 30 heavy (non-hydrogen) atoms. The number of hydrogen-bond acceptors (Lipinski definition) is 4. The van der Waals surface area contributed by atoms with Crippen molar-refractivity contribution in [1.82, 2.24) is 0 Å². The average Bonchev–Trinajstić information content (AvgIpc) is 3.35. The lowest BCUT2D eigenvalue weighted by molar-refractivity contribution is -0.141. The molecule has 0 bridgehead atoms. The summed E-state index contributed by atoms with van der Waals surface area (Å²) in [5, 5.41) is 29.9. The van der Waals surface area contributed by atoms with Crippen LogP contribution in [0, 0.1) is 29.6 Å². The van der Waals surface area contributed by atoms with E-state index in [2.05, 4.69) is 13.8 Å². The van der Waals surface area contributed by atoms with E-state index in [1.54, 1.807) is 18.2 Å². The van der Waals surface area contributed by atoms with Crippen molar-refractivity contribution >= 4 is 5.97 Å². The van der Waals surface area contributed by atoms with Gasteiger partial charge in [-0.05, 0) is 43.6 Å². The summed E-state index contributed by atoms with van der Waals surface area (Å²) < 4.78 is 21.1. The topological polar surface area (TPSA) is 87.0 Å². The lowest BCUT2D eigenvalue weighted by Crippen LogP contribution is -2.25. The van der Waals surface area contributed by atoms with Gasteiger partial charge in [-0.25, -0.2) is 4.39 Å². The van der Waals surface area contributed by atoms with Crippen LogP contribution in [0.15, 0.2) is 24.0 Å². The summed E-state index contributed by atoms with van der Waals surface area (Å²) in [4.78, 5) is 11.2. The molecule has 6 heteroatoms. The van der Waals surface area contributed by atoms with Gasteiger partial charge in [0.15, 0.2) is 6.17 Å². The van der Waals surface area contributed by atoms with Gasteiger partial charge < -0.3 is 20.1 Å². The van der Waals surface area contributed by atoms with Crippen LogP contribution in [0.1, 0.15) is 65.2 Å². The average molecular weight is 425 g/mol. The first-order chi connectivity index (χ1) is 14.3. The monoisotopic (exact) mass is 424 g/mol. The molecule has 170 valence electrons. The number of aliphatic hydroxyl groups excluding tert-OH is 2. The zero-order chi connectivity index (χ0) is 21.8. The van der Waals surface area contributed by atoms with Crippen molar-refractivity contribution < 1.29 is 29.2 Å². The van der Waals surface area contributed by atoms with Crippen LogP contribution in [0.4, 0.5) is 4.39 Å². The van der Waals surface area contributed by atoms with Crippen LogP contribution in [0.25, 0.3) is 0 Å². The third-order valence-corrected chi connectivity index (χ3v) is 7.16. The Bertz CT molecular complexity index is 648. The second-order valence-corrected chi connectivity index (χ2v) is 9.63. The molecule has 0 aromatic heterocycles. The van der Waals surface area contributed by atoms with Crippen LogP contribution in [0.3, 0.4) is 0 Å². The van der Waals surface area contributed by atoms with Crippen molar-refractivity contribution in [2.24, 2.45) is 29.6 Å². The number of allylic oxidation sites excluding steroid dienone is 2. The Kier molecular flexibility index (Phi) is 7.97. The molecule has 0 unspecified atom stereocenters. The van der Waals surface area contributed by atoms with Gasteiger partial charge in [0, 0.05) is 18.3 Å². The Morgan fingerprint density at radius 3 is 2.77 bits per heavy atom. The Balaban J connectivity index is 1.59. The number of aliphatic hydroxyl groups is 2. The maximum atomic E-state index is 15.2. The van der Waals surface area contributed by atoms with Crippen LogP contribution in [-0.2, 0) is 9.53 Å². The van der Waals surface area contributed by atoms with Gasteiger partial charge in [0.2, 0.25) is 0 Å². The predicted octanol–water partition coefficient (Wildman–Crippen LogP) is 4.24. The molecule has 0 spiro atoms. The summed E-state index contributed by atoms with van der Waals surface area (Å²) in [6.45, 7) is 4.28. The molecule has 2 aliphatic carbocycles. The van der Waals surface area contributed by atoms with Crippen LogP contribution < -0.4 is 0 Å². The first-order valence-corrected chi connectivity index (χ1v) is 11.6. The van der Waals surface area contributed by atoms with Gasteiger partial charge in [0.1, 0.15) is 11.9 Å². The van der Waals surface area contributed by atoms with Crippen LogP contribution in [0.5, 0.6) is 0 Å². The molecule has 3 N–H and O–H groups in total. The van der Waals surface area contributed by atoms with Gasteiger partial charge in [-0.2, -0.15) is 0 Å². The normalized spacial score (nSPS) is 39.4. The summed E-state index contributed by atoms with van der Waals surface area (Å²) in [6, 6.07) is 0. The second kappa shape index (κ2) is 10.3. The number of hydrogen-bond donors (Lipinski definition) is 3. The van der Waals surface area contributed by atoms with Crippen LogP contribution in [-0.4, -0.2) is 45.8 Å². The van der Waals surface area contributed by atoms with Gasteiger partial charge in [0.05, 0.1) is 18.1 Å². The van der Waals surface area contributed by atoms with Crippen molar-refractivity contribution in [2.75, 3.05) is 0 Å². The van der Waals surface area contributed by atoms with E-state index < -0.39 is 30.3 Å². The molecule has 1 aliphatic heterocycles. The number of rotatable bonds is 9. The van der Waals surface area contributed by atoms with E-state index in [0.29, 0.717) is 37.4 Å². The van der Waals surface area contributed by atoms with Crippen molar-refractivity contribution in [1.29, 1.82) is 0 Å². The maximum Gasteiger partial charge on any atom is 0.306 e. The van der Waals surface area contributed by atoms with E-state index in [-0.39, 0.29) is 23.9 Å². The molecule has 0 aromatic carbocycles. The predicted molar refractivity (Wildman–Crippen MR) is 112 cm³/mol. The summed E-state index contributed by atoms with van der Waals surface area (Å²) in [5.74, 6) is -1.22. The molecule has 9 atom stereocenters. The summed E-state index contributed by atoms with van der Waals surface area (Å²) >= 11 is 0. The first kappa shape index (κ1) is 23.3. The molecule has 1 heterocycles. The van der Waals surface area contributed by atoms with Crippen LogP contribution in [0.2, 0.25) is 0 Å². The minimum Gasteiger partial charge on any atom is -0.491 e. The molecule has 5 nitrogen and oxygen atoms in total. The number of fused-ring (bicyclic) bond motifs is 1. The standard InChI is InChI=1S/C24H37FO5/c1-3-4-5-14(2)10-17(26)8-9-18-19(27)13-20-22(18)23(25)21(30-20)12-15-6-7-16(11-15)24(28)29/h8-9,12,14-20,22-23,26-27H,3-7,10-11,13H2,1-2H3,(H,28,29)/b9-8+,21-12-/t14-,15-,16-,17+,18-,19+,20-,22+,23-/m0/s1. The van der Waals surface area contributed by atoms with Gasteiger partial charge >= 0.3 is 5.97 Å². The number of unbranched alkanes of at least 4 members (excludes halogenated alkanes) is 1. The first-order valence-electron chi connectivity index (χ1n) is 11.6. The zero-order valence-electron chi connectivity index (χ0n) is 18.1. The molecule has 1 saturated heterocycles. The molecular weight excluding hydrogens is 387 g/mol. The highest BCUT2D eigenvalue weighted by Gasteiger charge is 2.53. The number of carboxylic acids is 1. The van der Waals surface area contributed by atoms with Gasteiger partial charge in [-0.15, -0.1) is 0 Å². The SMILES string of the molecule is CCCC[C@H](C)C[C@H](O)/C=C/[C@@H]1[C@@H]2[C@H](C[C@H]1O)O/C(=C\[C@H]1CC[C@H](C(=O)O)C1)[C@@H]2F. The highest BCUT2D eigenvalue weighted by Crippen LogP contribution is 2.48. The Morgan fingerprint density at radius 1 is 1.33 bits per heavy atom. The van der Waals surface area contributed by atoms with Gasteiger partial charge in [-0.3, -0.25) is 4.79 Å². The minimum absolute atomic E-state index is 0.0310. The van der Waals surface area contributed by atoms with Crippen molar-refractivity contribution in [3.63, 3.8) is 0 Å². The number of alkyl halides is 1. The fourth-order valence-electron chi connectivity index (χ4n) is 5.43. The van der Waals surface area contributed by atoms with Gasteiger partial charge in [-0.1, -0.05) is 45.3 Å². The number of aliphatic carboxylic acids is 1. The molecular formula is C24H37FO5. The highest BCUT2D eigenvalue weighted by atomic mass is 19.1. The maximum absolute atomic E-state index is 15.2. The third-order valence-electron chi connectivity index (χ3n) is 7.16. The van der Waals surface area contributed by atoms with Crippen molar-refractivity contribution in [2.45, 2.75) is 89.7 Å². The fourth-order valence-corrected chi connectivity index (χ4v) is 5.43. The van der Waals surface area contributed by atoms with Gasteiger partial charge in [0.25, 0.3) is 0 Å². The molecule has 3 aliphatic rings. The third kappa shape index (κ3) is 5.44. The number of halogens is 1. The summed E-state index contributed by atoms with van der Waals surface area (Å²) in [7, 11) is 0. The fraction of sp³-hybridized carbons (Fsp3) is 0.792. The largest absolute Gasteiger partial charge is 0.491 e. The van der Waals surface area contributed by atoms with E-state index in [1.807, 2.05) is 0 Å². The van der Waals surface area contributed by atoms with E-state index in [1.165, 1.54) is 0 Å².